The molecule has 1 saturated heterocycles. The van der Waals surface area contributed by atoms with Crippen molar-refractivity contribution in [1.82, 2.24) is 19.4 Å². The van der Waals surface area contributed by atoms with E-state index in [-0.39, 0.29) is 39.5 Å². The molecule has 11 heteroatoms. The minimum Gasteiger partial charge on any atom is -0.507 e. The number of halogens is 2. The highest BCUT2D eigenvalue weighted by atomic mass is 35.5. The number of phenolic OH excluding ortho intramolecular Hbond substituents is 1. The van der Waals surface area contributed by atoms with E-state index in [0.29, 0.717) is 41.5 Å². The Morgan fingerprint density at radius 1 is 1.15 bits per heavy atom. The van der Waals surface area contributed by atoms with Crippen LogP contribution in [-0.2, 0) is 11.8 Å². The van der Waals surface area contributed by atoms with Crippen LogP contribution in [0, 0.1) is 5.82 Å². The van der Waals surface area contributed by atoms with E-state index in [4.69, 9.17) is 11.6 Å². The van der Waals surface area contributed by atoms with Gasteiger partial charge in [-0.05, 0) is 54.4 Å². The highest BCUT2D eigenvalue weighted by molar-refractivity contribution is 6.32. The normalized spacial score (nSPS) is 15.4. The fourth-order valence-corrected chi connectivity index (χ4v) is 5.05. The molecule has 0 saturated carbocycles. The van der Waals surface area contributed by atoms with Crippen LogP contribution in [0.4, 0.5) is 16.0 Å². The number of piperazine rings is 1. The third kappa shape index (κ3) is 5.39. The van der Waals surface area contributed by atoms with Crippen LogP contribution in [0.3, 0.4) is 0 Å². The number of imidazole rings is 1. The van der Waals surface area contributed by atoms with E-state index < -0.39 is 5.82 Å². The second-order valence-electron chi connectivity index (χ2n) is 9.66. The number of carbonyl (C=O) groups is 1. The molecule has 2 aromatic heterocycles. The molecule has 4 aromatic rings. The number of nitrogens with one attached hydrogen (secondary N) is 2. The minimum atomic E-state index is -0.562. The first-order valence-corrected chi connectivity index (χ1v) is 12.8. The number of amides is 1. The SMILES string of the molecule is CC(=O)Nc1cc(-c2cc(F)cc(-c3ccc(-n4ccn(C)c4=O)c(Cl)c3)c2O)cc(N2CCNC(C)C2)n1. The van der Waals surface area contributed by atoms with Crippen molar-refractivity contribution in [2.75, 3.05) is 29.9 Å². The molecular formula is C28H28ClFN6O3. The maximum Gasteiger partial charge on any atom is 0.332 e. The largest absolute Gasteiger partial charge is 0.507 e. The Kier molecular flexibility index (Phi) is 7.16. The molecule has 1 amide bonds. The van der Waals surface area contributed by atoms with E-state index in [0.717, 1.165) is 6.54 Å². The van der Waals surface area contributed by atoms with Gasteiger partial charge in [-0.15, -0.1) is 0 Å². The van der Waals surface area contributed by atoms with Crippen molar-refractivity contribution in [3.05, 3.63) is 76.2 Å². The molecule has 0 spiro atoms. The maximum atomic E-state index is 15.0. The molecule has 5 rings (SSSR count). The Morgan fingerprint density at radius 3 is 2.54 bits per heavy atom. The Morgan fingerprint density at radius 2 is 1.90 bits per heavy atom. The molecule has 39 heavy (non-hydrogen) atoms. The van der Waals surface area contributed by atoms with E-state index in [2.05, 4.69) is 27.4 Å². The zero-order valence-corrected chi connectivity index (χ0v) is 22.5. The van der Waals surface area contributed by atoms with Crippen LogP contribution in [0.5, 0.6) is 5.75 Å². The van der Waals surface area contributed by atoms with Crippen LogP contribution in [0.2, 0.25) is 5.02 Å². The van der Waals surface area contributed by atoms with Gasteiger partial charge in [-0.25, -0.2) is 14.2 Å². The van der Waals surface area contributed by atoms with Gasteiger partial charge in [-0.3, -0.25) is 9.36 Å². The molecule has 9 nitrogen and oxygen atoms in total. The van der Waals surface area contributed by atoms with Gasteiger partial charge in [0.05, 0.1) is 10.7 Å². The number of benzene rings is 2. The first-order valence-electron chi connectivity index (χ1n) is 12.5. The van der Waals surface area contributed by atoms with Crippen molar-refractivity contribution in [2.24, 2.45) is 7.05 Å². The summed E-state index contributed by atoms with van der Waals surface area (Å²) in [6.45, 7) is 5.63. The Bertz CT molecular complexity index is 1630. The molecule has 3 N–H and O–H groups in total. The Balaban J connectivity index is 1.60. The summed E-state index contributed by atoms with van der Waals surface area (Å²) >= 11 is 6.53. The van der Waals surface area contributed by atoms with Crippen LogP contribution in [-0.4, -0.2) is 50.8 Å². The zero-order chi connectivity index (χ0) is 27.8. The van der Waals surface area contributed by atoms with Gasteiger partial charge in [-0.1, -0.05) is 17.7 Å². The van der Waals surface area contributed by atoms with Gasteiger partial charge < -0.3 is 25.2 Å². The lowest BCUT2D eigenvalue weighted by molar-refractivity contribution is -0.114. The summed E-state index contributed by atoms with van der Waals surface area (Å²) in [5.74, 6) is -0.109. The minimum absolute atomic E-state index is 0.156. The van der Waals surface area contributed by atoms with Gasteiger partial charge in [0.2, 0.25) is 5.91 Å². The smallest absolute Gasteiger partial charge is 0.332 e. The van der Waals surface area contributed by atoms with Crippen LogP contribution >= 0.6 is 11.6 Å². The molecule has 202 valence electrons. The average Bonchev–Trinajstić information content (AvgIpc) is 3.22. The number of nitrogens with zero attached hydrogens (tertiary/aromatic N) is 4. The summed E-state index contributed by atoms with van der Waals surface area (Å²) in [5, 5.41) is 17.7. The highest BCUT2D eigenvalue weighted by Crippen LogP contribution is 2.41. The van der Waals surface area contributed by atoms with E-state index in [1.165, 1.54) is 28.2 Å². The number of pyridine rings is 1. The van der Waals surface area contributed by atoms with Gasteiger partial charge in [0, 0.05) is 63.2 Å². The number of phenols is 1. The van der Waals surface area contributed by atoms with E-state index in [1.54, 1.807) is 49.8 Å². The lowest BCUT2D eigenvalue weighted by Crippen LogP contribution is -2.49. The second kappa shape index (κ2) is 10.5. The van der Waals surface area contributed by atoms with Crippen molar-refractivity contribution in [3.63, 3.8) is 0 Å². The number of hydrogen-bond acceptors (Lipinski definition) is 6. The van der Waals surface area contributed by atoms with E-state index >= 15 is 4.39 Å². The lowest BCUT2D eigenvalue weighted by Gasteiger charge is -2.33. The van der Waals surface area contributed by atoms with Gasteiger partial charge in [-0.2, -0.15) is 0 Å². The summed E-state index contributed by atoms with van der Waals surface area (Å²) < 4.78 is 17.8. The highest BCUT2D eigenvalue weighted by Gasteiger charge is 2.21. The maximum absolute atomic E-state index is 15.0. The molecule has 1 atom stereocenters. The fraction of sp³-hybridized carbons (Fsp3) is 0.250. The quantitative estimate of drug-likeness (QED) is 0.345. The summed E-state index contributed by atoms with van der Waals surface area (Å²) in [6.07, 6.45) is 3.23. The third-order valence-electron chi connectivity index (χ3n) is 6.66. The molecular weight excluding hydrogens is 523 g/mol. The monoisotopic (exact) mass is 550 g/mol. The number of aromatic hydroxyl groups is 1. The fourth-order valence-electron chi connectivity index (χ4n) is 4.77. The number of aryl methyl sites for hydroxylation is 1. The third-order valence-corrected chi connectivity index (χ3v) is 6.96. The first-order chi connectivity index (χ1) is 18.6. The van der Waals surface area contributed by atoms with E-state index in [9.17, 15) is 14.7 Å². The summed E-state index contributed by atoms with van der Waals surface area (Å²) in [7, 11) is 1.64. The summed E-state index contributed by atoms with van der Waals surface area (Å²) in [6, 6.07) is 11.0. The number of hydrogen-bond donors (Lipinski definition) is 3. The number of carbonyl (C=O) groups excluding carboxylic acids is 1. The average molecular weight is 551 g/mol. The Labute approximate surface area is 229 Å². The van der Waals surface area contributed by atoms with Crippen LogP contribution in [0.25, 0.3) is 27.9 Å². The summed E-state index contributed by atoms with van der Waals surface area (Å²) in [5.41, 5.74) is 1.64. The van der Waals surface area contributed by atoms with Crippen LogP contribution in [0.1, 0.15) is 13.8 Å². The molecule has 1 aliphatic rings. The van der Waals surface area contributed by atoms with E-state index in [1.807, 2.05) is 0 Å². The number of anilines is 2. The van der Waals surface area contributed by atoms with Gasteiger partial charge >= 0.3 is 5.69 Å². The van der Waals surface area contributed by atoms with Crippen molar-refractivity contribution in [2.45, 2.75) is 19.9 Å². The molecule has 0 radical (unpaired) electrons. The standard InChI is InChI=1S/C28H28ClFN6O3/c1-16-15-35(7-6-31-16)26-12-19(11-25(33-26)32-17(2)37)22-14-20(30)13-21(27(22)38)18-4-5-24(23(29)10-18)36-9-8-34(3)28(36)39/h4-5,8-14,16,31,38H,6-7,15H2,1-3H3,(H,32,33,37). The molecule has 3 heterocycles. The van der Waals surface area contributed by atoms with Crippen molar-refractivity contribution in [3.8, 4) is 33.7 Å². The Hall–Kier alpha value is -4.15. The number of rotatable bonds is 5. The van der Waals surface area contributed by atoms with Crippen molar-refractivity contribution < 1.29 is 14.3 Å². The molecule has 1 aliphatic heterocycles. The van der Waals surface area contributed by atoms with Gasteiger partial charge in [0.25, 0.3) is 0 Å². The molecule has 1 unspecified atom stereocenters. The molecule has 1 fully saturated rings. The zero-order valence-electron chi connectivity index (χ0n) is 21.7. The topological polar surface area (TPSA) is 104 Å². The summed E-state index contributed by atoms with van der Waals surface area (Å²) in [4.78, 5) is 30.9. The van der Waals surface area contributed by atoms with Crippen molar-refractivity contribution >= 4 is 29.1 Å². The predicted molar refractivity (Wildman–Crippen MR) is 150 cm³/mol. The van der Waals surface area contributed by atoms with Gasteiger partial charge in [0.1, 0.15) is 23.2 Å². The number of aromatic nitrogens is 3. The lowest BCUT2D eigenvalue weighted by atomic mass is 9.97. The first kappa shape index (κ1) is 26.5. The van der Waals surface area contributed by atoms with Crippen molar-refractivity contribution in [1.29, 1.82) is 0 Å². The second-order valence-corrected chi connectivity index (χ2v) is 10.1. The predicted octanol–water partition coefficient (Wildman–Crippen LogP) is 4.16. The molecule has 2 aromatic carbocycles. The van der Waals surface area contributed by atoms with Crippen LogP contribution < -0.4 is 21.2 Å². The molecule has 0 bridgehead atoms. The van der Waals surface area contributed by atoms with Gasteiger partial charge in [0.15, 0.2) is 0 Å². The van der Waals surface area contributed by atoms with Crippen LogP contribution in [0.15, 0.2) is 59.7 Å². The molecule has 0 aliphatic carbocycles.